The third-order valence-corrected chi connectivity index (χ3v) is 4.36. The van der Waals surface area contributed by atoms with Gasteiger partial charge in [-0.15, -0.1) is 0 Å². The fraction of sp³-hybridized carbons (Fsp3) is 0.727. The Bertz CT molecular complexity index is 488. The predicted octanol–water partition coefficient (Wildman–Crippen LogP) is 0.495. The summed E-state index contributed by atoms with van der Waals surface area (Å²) < 4.78 is 28.3. The summed E-state index contributed by atoms with van der Waals surface area (Å²) in [5.74, 6) is 0. The second kappa shape index (κ2) is 5.38. The zero-order chi connectivity index (χ0) is 14.0. The molecule has 0 spiro atoms. The normalized spacial score (nSPS) is 14.7. The van der Waals surface area contributed by atoms with Gasteiger partial charge in [-0.1, -0.05) is 20.8 Å². The number of rotatable bonds is 5. The van der Waals surface area contributed by atoms with E-state index in [0.717, 1.165) is 0 Å². The Kier molecular flexibility index (Phi) is 4.52. The van der Waals surface area contributed by atoms with Gasteiger partial charge in [0.15, 0.2) is 5.03 Å². The molecule has 0 aliphatic heterocycles. The Labute approximate surface area is 108 Å². The van der Waals surface area contributed by atoms with Crippen molar-refractivity contribution in [1.29, 1.82) is 0 Å². The van der Waals surface area contributed by atoms with Crippen LogP contribution in [0.1, 0.15) is 27.2 Å². The standard InChI is InChI=1S/C11H21N3O3S/c1-11(2,3)9(6-8-15)13-18(16,17)10-5-7-12-14(10)4/h5,7,9,13,15H,6,8H2,1-4H3. The first kappa shape index (κ1) is 15.1. The lowest BCUT2D eigenvalue weighted by molar-refractivity contribution is 0.214. The highest BCUT2D eigenvalue weighted by Crippen LogP contribution is 2.23. The molecule has 1 atom stereocenters. The minimum atomic E-state index is -3.61. The van der Waals surface area contributed by atoms with Crippen molar-refractivity contribution in [2.45, 2.75) is 38.3 Å². The van der Waals surface area contributed by atoms with Gasteiger partial charge in [0, 0.05) is 19.7 Å². The monoisotopic (exact) mass is 275 g/mol. The average molecular weight is 275 g/mol. The largest absolute Gasteiger partial charge is 0.396 e. The van der Waals surface area contributed by atoms with Gasteiger partial charge in [0.25, 0.3) is 10.0 Å². The van der Waals surface area contributed by atoms with Crippen LogP contribution in [0.5, 0.6) is 0 Å². The fourth-order valence-corrected chi connectivity index (χ4v) is 3.27. The SMILES string of the molecule is Cn1nccc1S(=O)(=O)NC(CCO)C(C)(C)C. The lowest BCUT2D eigenvalue weighted by Gasteiger charge is -2.30. The van der Waals surface area contributed by atoms with E-state index in [1.807, 2.05) is 20.8 Å². The molecule has 0 aromatic carbocycles. The van der Waals surface area contributed by atoms with Gasteiger partial charge in [-0.05, 0) is 17.9 Å². The van der Waals surface area contributed by atoms with Crippen molar-refractivity contribution in [3.63, 3.8) is 0 Å². The number of aliphatic hydroxyl groups is 1. The quantitative estimate of drug-likeness (QED) is 0.819. The molecule has 1 unspecified atom stereocenters. The average Bonchev–Trinajstić information content (AvgIpc) is 2.63. The highest BCUT2D eigenvalue weighted by molar-refractivity contribution is 7.89. The third kappa shape index (κ3) is 3.54. The van der Waals surface area contributed by atoms with Crippen LogP contribution in [0.25, 0.3) is 0 Å². The van der Waals surface area contributed by atoms with Crippen molar-refractivity contribution in [2.24, 2.45) is 12.5 Å². The molecule has 0 saturated carbocycles. The minimum absolute atomic E-state index is 0.0597. The van der Waals surface area contributed by atoms with Crippen LogP contribution in [0.15, 0.2) is 17.3 Å². The van der Waals surface area contributed by atoms with Gasteiger partial charge in [-0.3, -0.25) is 4.68 Å². The maximum absolute atomic E-state index is 12.2. The summed E-state index contributed by atoms with van der Waals surface area (Å²) in [6, 6.07) is 1.11. The number of aliphatic hydroxyl groups excluding tert-OH is 1. The molecule has 0 bridgehead atoms. The van der Waals surface area contributed by atoms with Crippen LogP contribution in [0.2, 0.25) is 0 Å². The molecule has 1 aromatic rings. The number of aromatic nitrogens is 2. The van der Waals surface area contributed by atoms with E-state index in [1.54, 1.807) is 7.05 Å². The summed E-state index contributed by atoms with van der Waals surface area (Å²) in [5, 5.41) is 13.0. The molecule has 0 fully saturated rings. The van der Waals surface area contributed by atoms with Gasteiger partial charge >= 0.3 is 0 Å². The van der Waals surface area contributed by atoms with Crippen LogP contribution in [-0.4, -0.2) is 36.0 Å². The molecule has 0 aliphatic rings. The van der Waals surface area contributed by atoms with E-state index in [0.29, 0.717) is 6.42 Å². The number of hydrogen-bond donors (Lipinski definition) is 2. The van der Waals surface area contributed by atoms with Crippen molar-refractivity contribution in [3.05, 3.63) is 12.3 Å². The molecule has 6 nitrogen and oxygen atoms in total. The highest BCUT2D eigenvalue weighted by Gasteiger charge is 2.30. The van der Waals surface area contributed by atoms with Crippen LogP contribution in [0.3, 0.4) is 0 Å². The van der Waals surface area contributed by atoms with E-state index in [9.17, 15) is 8.42 Å². The molecule has 7 heteroatoms. The van der Waals surface area contributed by atoms with Crippen molar-refractivity contribution in [3.8, 4) is 0 Å². The van der Waals surface area contributed by atoms with Crippen molar-refractivity contribution < 1.29 is 13.5 Å². The summed E-state index contributed by atoms with van der Waals surface area (Å²) >= 11 is 0. The first-order valence-electron chi connectivity index (χ1n) is 5.79. The first-order chi connectivity index (χ1) is 8.18. The Morgan fingerprint density at radius 3 is 2.50 bits per heavy atom. The van der Waals surface area contributed by atoms with Gasteiger partial charge in [0.05, 0.1) is 6.20 Å². The van der Waals surface area contributed by atoms with Gasteiger partial charge in [-0.2, -0.15) is 5.10 Å². The van der Waals surface area contributed by atoms with Gasteiger partial charge in [-0.25, -0.2) is 13.1 Å². The maximum atomic E-state index is 12.2. The second-order valence-corrected chi connectivity index (χ2v) is 7.01. The van der Waals surface area contributed by atoms with E-state index >= 15 is 0 Å². The molecule has 0 saturated heterocycles. The Hall–Kier alpha value is -0.920. The predicted molar refractivity (Wildman–Crippen MR) is 68.5 cm³/mol. The molecule has 1 rings (SSSR count). The molecular formula is C11H21N3O3S. The smallest absolute Gasteiger partial charge is 0.257 e. The molecular weight excluding hydrogens is 254 g/mol. The van der Waals surface area contributed by atoms with Crippen LogP contribution in [0, 0.1) is 5.41 Å². The topological polar surface area (TPSA) is 84.2 Å². The van der Waals surface area contributed by atoms with Gasteiger partial charge in [0.1, 0.15) is 0 Å². The number of aryl methyl sites for hydroxylation is 1. The van der Waals surface area contributed by atoms with E-state index in [4.69, 9.17) is 5.11 Å². The zero-order valence-corrected chi connectivity index (χ0v) is 12.0. The summed E-state index contributed by atoms with van der Waals surface area (Å²) in [5.41, 5.74) is -0.269. The van der Waals surface area contributed by atoms with Crippen molar-refractivity contribution in [1.82, 2.24) is 14.5 Å². The highest BCUT2D eigenvalue weighted by atomic mass is 32.2. The lowest BCUT2D eigenvalue weighted by atomic mass is 9.86. The summed E-state index contributed by atoms with van der Waals surface area (Å²) in [7, 11) is -2.04. The Morgan fingerprint density at radius 2 is 2.11 bits per heavy atom. The molecule has 1 heterocycles. The molecule has 0 radical (unpaired) electrons. The van der Waals surface area contributed by atoms with Gasteiger partial charge in [0.2, 0.25) is 0 Å². The molecule has 0 aliphatic carbocycles. The fourth-order valence-electron chi connectivity index (χ4n) is 1.67. The summed E-state index contributed by atoms with van der Waals surface area (Å²) in [6.07, 6.45) is 1.81. The summed E-state index contributed by atoms with van der Waals surface area (Å²) in [6.45, 7) is 5.73. The Balaban J connectivity index is 2.97. The van der Waals surface area contributed by atoms with Gasteiger partial charge < -0.3 is 5.11 Å². The number of hydrogen-bond acceptors (Lipinski definition) is 4. The molecule has 1 aromatic heterocycles. The van der Waals surface area contributed by atoms with E-state index < -0.39 is 10.0 Å². The Morgan fingerprint density at radius 1 is 1.50 bits per heavy atom. The number of sulfonamides is 1. The number of nitrogens with one attached hydrogen (secondary N) is 1. The molecule has 0 amide bonds. The van der Waals surface area contributed by atoms with Crippen LogP contribution in [0.4, 0.5) is 0 Å². The maximum Gasteiger partial charge on any atom is 0.257 e. The number of nitrogens with zero attached hydrogens (tertiary/aromatic N) is 2. The second-order valence-electron chi connectivity index (χ2n) is 5.35. The van der Waals surface area contributed by atoms with E-state index in [1.165, 1.54) is 16.9 Å². The third-order valence-electron chi connectivity index (χ3n) is 2.81. The summed E-state index contributed by atoms with van der Waals surface area (Å²) in [4.78, 5) is 0. The molecule has 2 N–H and O–H groups in total. The van der Waals surface area contributed by atoms with E-state index in [-0.39, 0.29) is 23.1 Å². The molecule has 104 valence electrons. The lowest BCUT2D eigenvalue weighted by Crippen LogP contribution is -2.44. The first-order valence-corrected chi connectivity index (χ1v) is 7.28. The van der Waals surface area contributed by atoms with Crippen LogP contribution >= 0.6 is 0 Å². The van der Waals surface area contributed by atoms with E-state index in [2.05, 4.69) is 9.82 Å². The van der Waals surface area contributed by atoms with Crippen molar-refractivity contribution in [2.75, 3.05) is 6.61 Å². The van der Waals surface area contributed by atoms with Crippen LogP contribution < -0.4 is 4.72 Å². The minimum Gasteiger partial charge on any atom is -0.396 e. The van der Waals surface area contributed by atoms with Crippen LogP contribution in [-0.2, 0) is 17.1 Å². The zero-order valence-electron chi connectivity index (χ0n) is 11.2. The van der Waals surface area contributed by atoms with Crippen molar-refractivity contribution >= 4 is 10.0 Å². The molecule has 18 heavy (non-hydrogen) atoms.